The molecule has 0 bridgehead atoms. The van der Waals surface area contributed by atoms with Crippen LogP contribution in [-0.4, -0.2) is 17.7 Å². The van der Waals surface area contributed by atoms with Crippen LogP contribution in [-0.2, 0) is 10.4 Å². The van der Waals surface area contributed by atoms with Gasteiger partial charge in [-0.05, 0) is 33.3 Å². The highest BCUT2D eigenvalue weighted by Crippen LogP contribution is 2.49. The minimum absolute atomic E-state index is 0.301. The summed E-state index contributed by atoms with van der Waals surface area (Å²) in [7, 11) is 0. The van der Waals surface area contributed by atoms with Crippen LogP contribution in [0.3, 0.4) is 0 Å². The first-order valence-electron chi connectivity index (χ1n) is 6.46. The number of ether oxygens (including phenoxy) is 1. The Hall–Kier alpha value is -1.58. The molecule has 1 aromatic rings. The lowest BCUT2D eigenvalue weighted by Crippen LogP contribution is -2.35. The third-order valence-corrected chi connectivity index (χ3v) is 3.12. The summed E-state index contributed by atoms with van der Waals surface area (Å²) in [5.74, 6) is 0. The van der Waals surface area contributed by atoms with Crippen LogP contribution in [0.15, 0.2) is 24.3 Å². The quantitative estimate of drug-likeness (QED) is 0.889. The van der Waals surface area contributed by atoms with Gasteiger partial charge in [-0.15, -0.1) is 0 Å². The van der Waals surface area contributed by atoms with Gasteiger partial charge in [-0.25, -0.2) is 9.18 Å². The first-order valence-corrected chi connectivity index (χ1v) is 6.46. The maximum absolute atomic E-state index is 14.6. The second-order valence-corrected chi connectivity index (χ2v) is 6.13. The predicted octanol–water partition coefficient (Wildman–Crippen LogP) is 3.46. The molecule has 0 spiro atoms. The summed E-state index contributed by atoms with van der Waals surface area (Å²) in [5, 5.41) is 2.58. The molecule has 0 aliphatic heterocycles. The van der Waals surface area contributed by atoms with Crippen LogP contribution >= 0.6 is 0 Å². The van der Waals surface area contributed by atoms with Crippen molar-refractivity contribution in [3.8, 4) is 0 Å². The molecule has 1 aliphatic carbocycles. The molecule has 0 heterocycles. The molecule has 1 N–H and O–H groups in total. The van der Waals surface area contributed by atoms with Crippen molar-refractivity contribution in [3.05, 3.63) is 35.4 Å². The van der Waals surface area contributed by atoms with E-state index in [4.69, 9.17) is 4.74 Å². The van der Waals surface area contributed by atoms with E-state index in [2.05, 4.69) is 5.32 Å². The zero-order chi connectivity index (χ0) is 14.3. The molecule has 3 nitrogen and oxygen atoms in total. The lowest BCUT2D eigenvalue weighted by molar-refractivity contribution is 0.0511. The van der Waals surface area contributed by atoms with Crippen molar-refractivity contribution >= 4 is 6.09 Å². The summed E-state index contributed by atoms with van der Waals surface area (Å²) in [5.41, 5.74) is -0.323. The van der Waals surface area contributed by atoms with E-state index in [0.717, 1.165) is 5.56 Å². The lowest BCUT2D eigenvalue weighted by atomic mass is 10.1. The highest BCUT2D eigenvalue weighted by Gasteiger charge is 2.58. The number of benzene rings is 1. The number of carbonyl (C=O) groups excluding carboxylic acids is 1. The minimum Gasteiger partial charge on any atom is -0.444 e. The number of alkyl halides is 1. The van der Waals surface area contributed by atoms with E-state index in [-0.39, 0.29) is 0 Å². The maximum atomic E-state index is 14.6. The monoisotopic (exact) mass is 265 g/mol. The van der Waals surface area contributed by atoms with E-state index in [1.807, 2.05) is 19.1 Å². The standard InChI is InChI=1S/C15H20FNO2/c1-10-5-7-11(8-6-10)15(16)9-12(15)17-13(18)19-14(2,3)4/h5-8,12H,9H2,1-4H3,(H,17,18)/t12-,15-/m0/s1. The summed E-state index contributed by atoms with van der Waals surface area (Å²) in [6, 6.07) is 6.79. The van der Waals surface area contributed by atoms with Gasteiger partial charge in [0.15, 0.2) is 5.67 Å². The number of alkyl carbamates (subject to hydrolysis) is 1. The van der Waals surface area contributed by atoms with Gasteiger partial charge in [0.1, 0.15) is 5.60 Å². The molecule has 19 heavy (non-hydrogen) atoms. The summed E-state index contributed by atoms with van der Waals surface area (Å²) in [4.78, 5) is 11.6. The first kappa shape index (κ1) is 13.8. The van der Waals surface area contributed by atoms with Crippen LogP contribution in [0, 0.1) is 6.92 Å². The second-order valence-electron chi connectivity index (χ2n) is 6.13. The Bertz CT molecular complexity index is 478. The number of hydrogen-bond acceptors (Lipinski definition) is 2. The van der Waals surface area contributed by atoms with Gasteiger partial charge in [-0.3, -0.25) is 0 Å². The molecule has 0 aromatic heterocycles. The van der Waals surface area contributed by atoms with Gasteiger partial charge in [-0.1, -0.05) is 29.8 Å². The summed E-state index contributed by atoms with van der Waals surface area (Å²) in [6.45, 7) is 7.30. The van der Waals surface area contributed by atoms with Crippen molar-refractivity contribution in [2.45, 2.75) is 51.4 Å². The van der Waals surface area contributed by atoms with Gasteiger partial charge in [0.2, 0.25) is 0 Å². The number of aryl methyl sites for hydroxylation is 1. The number of rotatable bonds is 2. The lowest BCUT2D eigenvalue weighted by Gasteiger charge is -2.20. The van der Waals surface area contributed by atoms with Crippen molar-refractivity contribution in [2.24, 2.45) is 0 Å². The van der Waals surface area contributed by atoms with E-state index < -0.39 is 23.4 Å². The van der Waals surface area contributed by atoms with E-state index in [9.17, 15) is 9.18 Å². The molecular weight excluding hydrogens is 245 g/mol. The highest BCUT2D eigenvalue weighted by molar-refractivity contribution is 5.69. The molecule has 1 aromatic carbocycles. The SMILES string of the molecule is Cc1ccc([C@@]2(F)C[C@@H]2NC(=O)OC(C)(C)C)cc1. The zero-order valence-corrected chi connectivity index (χ0v) is 11.8. The van der Waals surface area contributed by atoms with Gasteiger partial charge in [0.05, 0.1) is 6.04 Å². The smallest absolute Gasteiger partial charge is 0.407 e. The molecular formula is C15H20FNO2. The fourth-order valence-corrected chi connectivity index (χ4v) is 2.00. The summed E-state index contributed by atoms with van der Waals surface area (Å²) < 4.78 is 19.7. The largest absolute Gasteiger partial charge is 0.444 e. The Balaban J connectivity index is 1.96. The van der Waals surface area contributed by atoms with Crippen molar-refractivity contribution < 1.29 is 13.9 Å². The number of carbonyl (C=O) groups is 1. The fourth-order valence-electron chi connectivity index (χ4n) is 2.00. The van der Waals surface area contributed by atoms with Gasteiger partial charge in [0, 0.05) is 6.42 Å². The molecule has 4 heteroatoms. The minimum atomic E-state index is -1.45. The normalized spacial score (nSPS) is 25.8. The van der Waals surface area contributed by atoms with E-state index in [0.29, 0.717) is 12.0 Å². The van der Waals surface area contributed by atoms with Gasteiger partial charge >= 0.3 is 6.09 Å². The third kappa shape index (κ3) is 3.25. The highest BCUT2D eigenvalue weighted by atomic mass is 19.1. The third-order valence-electron chi connectivity index (χ3n) is 3.12. The molecule has 0 radical (unpaired) electrons. The van der Waals surface area contributed by atoms with Crippen molar-refractivity contribution in [1.29, 1.82) is 0 Å². The molecule has 1 amide bonds. The molecule has 2 rings (SSSR count). The molecule has 0 saturated heterocycles. The Kier molecular flexibility index (Phi) is 3.29. The molecule has 0 unspecified atom stereocenters. The van der Waals surface area contributed by atoms with E-state index in [1.165, 1.54) is 0 Å². The second kappa shape index (κ2) is 4.51. The Labute approximate surface area is 113 Å². The summed E-state index contributed by atoms with van der Waals surface area (Å²) in [6.07, 6.45) is -0.265. The Morgan fingerprint density at radius 1 is 1.37 bits per heavy atom. The van der Waals surface area contributed by atoms with E-state index >= 15 is 0 Å². The molecule has 2 atom stereocenters. The van der Waals surface area contributed by atoms with Crippen LogP contribution in [0.4, 0.5) is 9.18 Å². The molecule has 1 fully saturated rings. The van der Waals surface area contributed by atoms with Crippen LogP contribution < -0.4 is 5.32 Å². The number of hydrogen-bond donors (Lipinski definition) is 1. The first-order chi connectivity index (χ1) is 8.71. The number of nitrogens with one attached hydrogen (secondary N) is 1. The van der Waals surface area contributed by atoms with Gasteiger partial charge in [-0.2, -0.15) is 0 Å². The van der Waals surface area contributed by atoms with Crippen LogP contribution in [0.25, 0.3) is 0 Å². The summed E-state index contributed by atoms with van der Waals surface area (Å²) >= 11 is 0. The van der Waals surface area contributed by atoms with Crippen molar-refractivity contribution in [2.75, 3.05) is 0 Å². The van der Waals surface area contributed by atoms with E-state index in [1.54, 1.807) is 32.9 Å². The van der Waals surface area contributed by atoms with Crippen LogP contribution in [0.2, 0.25) is 0 Å². The Morgan fingerprint density at radius 3 is 2.47 bits per heavy atom. The average Bonchev–Trinajstić information content (AvgIpc) is 2.88. The predicted molar refractivity (Wildman–Crippen MR) is 71.7 cm³/mol. The average molecular weight is 265 g/mol. The Morgan fingerprint density at radius 2 is 1.95 bits per heavy atom. The zero-order valence-electron chi connectivity index (χ0n) is 11.8. The molecule has 1 aliphatic rings. The van der Waals surface area contributed by atoms with Crippen LogP contribution in [0.1, 0.15) is 38.3 Å². The fraction of sp³-hybridized carbons (Fsp3) is 0.533. The molecule has 104 valence electrons. The number of halogens is 1. The van der Waals surface area contributed by atoms with Crippen molar-refractivity contribution in [1.82, 2.24) is 5.32 Å². The van der Waals surface area contributed by atoms with Crippen LogP contribution in [0.5, 0.6) is 0 Å². The van der Waals surface area contributed by atoms with Gasteiger partial charge in [0.25, 0.3) is 0 Å². The maximum Gasteiger partial charge on any atom is 0.407 e. The van der Waals surface area contributed by atoms with Crippen molar-refractivity contribution in [3.63, 3.8) is 0 Å². The number of amides is 1. The van der Waals surface area contributed by atoms with Gasteiger partial charge < -0.3 is 10.1 Å². The molecule has 1 saturated carbocycles. The topological polar surface area (TPSA) is 38.3 Å².